The second-order valence-electron chi connectivity index (χ2n) is 10.2. The van der Waals surface area contributed by atoms with E-state index in [0.29, 0.717) is 18.7 Å². The van der Waals surface area contributed by atoms with E-state index < -0.39 is 11.9 Å². The maximum Gasteiger partial charge on any atom is 0.251 e. The number of fused-ring (bicyclic) bond motifs is 1. The van der Waals surface area contributed by atoms with E-state index in [2.05, 4.69) is 19.2 Å². The Morgan fingerprint density at radius 1 is 1.25 bits per heavy atom. The van der Waals surface area contributed by atoms with Crippen molar-refractivity contribution < 1.29 is 19.1 Å². The molecular weight excluding hydrogens is 407 g/mol. The Morgan fingerprint density at radius 3 is 2.53 bits per heavy atom. The maximum atomic E-state index is 13.6. The normalized spacial score (nSPS) is 33.2. The molecule has 2 saturated carbocycles. The van der Waals surface area contributed by atoms with Gasteiger partial charge in [-0.2, -0.15) is 0 Å². The topological polar surface area (TPSA) is 69.6 Å². The summed E-state index contributed by atoms with van der Waals surface area (Å²) in [6.07, 6.45) is 2.98. The molecule has 0 radical (unpaired) electrons. The van der Waals surface area contributed by atoms with Crippen molar-refractivity contribution >= 4 is 11.8 Å². The first-order valence-corrected chi connectivity index (χ1v) is 12.2. The molecule has 0 heterocycles. The highest BCUT2D eigenvalue weighted by Gasteiger charge is 2.54. The summed E-state index contributed by atoms with van der Waals surface area (Å²) in [6.45, 7) is 11.6. The fourth-order valence-corrected chi connectivity index (χ4v) is 6.39. The summed E-state index contributed by atoms with van der Waals surface area (Å²) in [7, 11) is 0. The smallest absolute Gasteiger partial charge is 0.251 e. The number of nitrogens with one attached hydrogen (secondary N) is 1. The lowest BCUT2D eigenvalue weighted by Crippen LogP contribution is -2.58. The number of halogens is 1. The Balaban J connectivity index is 1.76. The molecule has 6 heteroatoms. The summed E-state index contributed by atoms with van der Waals surface area (Å²) >= 11 is 0. The molecule has 2 N–H and O–H groups in total. The molecule has 2 amide bonds. The number of nitrogens with zero attached hydrogens (tertiary/aromatic N) is 1. The predicted molar refractivity (Wildman–Crippen MR) is 123 cm³/mol. The van der Waals surface area contributed by atoms with Crippen molar-refractivity contribution in [1.82, 2.24) is 10.2 Å². The van der Waals surface area contributed by atoms with Crippen LogP contribution in [0, 0.1) is 34.9 Å². The number of benzene rings is 1. The fourth-order valence-electron chi connectivity index (χ4n) is 6.39. The van der Waals surface area contributed by atoms with Crippen LogP contribution in [0.15, 0.2) is 24.3 Å². The Hall–Kier alpha value is -1.95. The van der Waals surface area contributed by atoms with Crippen LogP contribution in [0.3, 0.4) is 0 Å². The first-order chi connectivity index (χ1) is 15.1. The largest absolute Gasteiger partial charge is 0.392 e. The van der Waals surface area contributed by atoms with Crippen LogP contribution in [0.4, 0.5) is 4.39 Å². The van der Waals surface area contributed by atoms with E-state index >= 15 is 0 Å². The Kier molecular flexibility index (Phi) is 7.64. The van der Waals surface area contributed by atoms with Gasteiger partial charge in [0.2, 0.25) is 5.91 Å². The maximum absolute atomic E-state index is 13.6. The minimum atomic E-state index is -0.591. The van der Waals surface area contributed by atoms with Crippen molar-refractivity contribution in [2.75, 3.05) is 13.1 Å². The van der Waals surface area contributed by atoms with Gasteiger partial charge >= 0.3 is 0 Å². The van der Waals surface area contributed by atoms with Crippen molar-refractivity contribution in [3.05, 3.63) is 35.6 Å². The minimum Gasteiger partial charge on any atom is -0.392 e. The lowest BCUT2D eigenvalue weighted by molar-refractivity contribution is -0.149. The SMILES string of the molecule is CCN(CC)C(=O)[C@@H](C)[C@H]1CC[C@@]2(C)CC[C@H](NC(=O)c3cccc(F)c3)[C@@H](C)[C@@H]2[C@H]1O. The summed E-state index contributed by atoms with van der Waals surface area (Å²) in [6, 6.07) is 5.63. The third-order valence-electron chi connectivity index (χ3n) is 8.40. The molecule has 178 valence electrons. The number of hydrogen-bond donors (Lipinski definition) is 2. The van der Waals surface area contributed by atoms with E-state index in [1.165, 1.54) is 18.2 Å². The molecule has 0 saturated heterocycles. The first-order valence-electron chi connectivity index (χ1n) is 12.2. The quantitative estimate of drug-likeness (QED) is 0.686. The summed E-state index contributed by atoms with van der Waals surface area (Å²) in [4.78, 5) is 27.6. The number of carbonyl (C=O) groups is 2. The third kappa shape index (κ3) is 4.70. The van der Waals surface area contributed by atoms with Crippen LogP contribution in [-0.4, -0.2) is 47.1 Å². The van der Waals surface area contributed by atoms with Gasteiger partial charge in [0.05, 0.1) is 6.10 Å². The van der Waals surface area contributed by atoms with E-state index in [4.69, 9.17) is 0 Å². The van der Waals surface area contributed by atoms with Gasteiger partial charge in [0, 0.05) is 30.6 Å². The highest BCUT2D eigenvalue weighted by molar-refractivity contribution is 5.94. The minimum absolute atomic E-state index is 0.000220. The molecule has 0 spiro atoms. The van der Waals surface area contributed by atoms with E-state index in [-0.39, 0.29) is 46.9 Å². The van der Waals surface area contributed by atoms with Crippen molar-refractivity contribution in [2.45, 2.75) is 72.4 Å². The molecule has 7 atom stereocenters. The van der Waals surface area contributed by atoms with Gasteiger partial charge in [0.1, 0.15) is 5.82 Å². The van der Waals surface area contributed by atoms with Gasteiger partial charge in [-0.1, -0.05) is 26.8 Å². The molecule has 5 nitrogen and oxygen atoms in total. The lowest BCUT2D eigenvalue weighted by atomic mass is 9.51. The molecule has 0 unspecified atom stereocenters. The van der Waals surface area contributed by atoms with Gasteiger partial charge in [-0.05, 0) is 80.9 Å². The Morgan fingerprint density at radius 2 is 1.91 bits per heavy atom. The van der Waals surface area contributed by atoms with Crippen LogP contribution in [0.2, 0.25) is 0 Å². The van der Waals surface area contributed by atoms with Gasteiger partial charge in [-0.15, -0.1) is 0 Å². The van der Waals surface area contributed by atoms with Gasteiger partial charge in [-0.25, -0.2) is 4.39 Å². The van der Waals surface area contributed by atoms with Crippen molar-refractivity contribution in [2.24, 2.45) is 29.1 Å². The van der Waals surface area contributed by atoms with Crippen LogP contribution in [0.25, 0.3) is 0 Å². The van der Waals surface area contributed by atoms with E-state index in [1.54, 1.807) is 6.07 Å². The lowest BCUT2D eigenvalue weighted by Gasteiger charge is -2.56. The number of aliphatic hydroxyl groups excluding tert-OH is 1. The van der Waals surface area contributed by atoms with Crippen molar-refractivity contribution in [3.63, 3.8) is 0 Å². The molecule has 0 aromatic heterocycles. The predicted octanol–water partition coefficient (Wildman–Crippen LogP) is 4.25. The number of amides is 2. The number of aliphatic hydroxyl groups is 1. The average Bonchev–Trinajstić information content (AvgIpc) is 2.76. The zero-order valence-corrected chi connectivity index (χ0v) is 20.1. The van der Waals surface area contributed by atoms with Gasteiger partial charge in [0.25, 0.3) is 5.91 Å². The molecule has 1 aromatic carbocycles. The molecule has 2 aliphatic carbocycles. The van der Waals surface area contributed by atoms with E-state index in [1.807, 2.05) is 25.7 Å². The number of hydrogen-bond acceptors (Lipinski definition) is 3. The second-order valence-corrected chi connectivity index (χ2v) is 10.2. The molecule has 32 heavy (non-hydrogen) atoms. The van der Waals surface area contributed by atoms with Crippen molar-refractivity contribution in [3.8, 4) is 0 Å². The number of rotatable bonds is 6. The van der Waals surface area contributed by atoms with Crippen LogP contribution >= 0.6 is 0 Å². The molecule has 1 aromatic rings. The second kappa shape index (κ2) is 9.90. The fraction of sp³-hybridized carbons (Fsp3) is 0.692. The monoisotopic (exact) mass is 446 g/mol. The molecule has 0 bridgehead atoms. The standard InChI is InChI=1S/C26H39FN2O3/c1-6-29(7-2)25(32)16(3)20-11-13-26(5)14-12-21(17(4)22(26)23(20)30)28-24(31)18-9-8-10-19(27)15-18/h8-10,15-17,20-23,30H,6-7,11-14H2,1-5H3,(H,28,31)/t16-,17+,20+,21-,22+,23-,26-/m0/s1. The van der Waals surface area contributed by atoms with Crippen LogP contribution in [0.5, 0.6) is 0 Å². The van der Waals surface area contributed by atoms with Crippen LogP contribution < -0.4 is 5.32 Å². The van der Waals surface area contributed by atoms with E-state index in [9.17, 15) is 19.1 Å². The summed E-state index contributed by atoms with van der Waals surface area (Å²) in [5.74, 6) is -0.858. The molecule has 3 rings (SSSR count). The molecular formula is C26H39FN2O3. The van der Waals surface area contributed by atoms with E-state index in [0.717, 1.165) is 25.7 Å². The van der Waals surface area contributed by atoms with Gasteiger partial charge in [0.15, 0.2) is 0 Å². The number of carbonyl (C=O) groups excluding carboxylic acids is 2. The average molecular weight is 447 g/mol. The molecule has 2 fully saturated rings. The third-order valence-corrected chi connectivity index (χ3v) is 8.40. The zero-order valence-electron chi connectivity index (χ0n) is 20.1. The summed E-state index contributed by atoms with van der Waals surface area (Å²) in [5, 5.41) is 14.6. The highest BCUT2D eigenvalue weighted by Crippen LogP contribution is 2.55. The van der Waals surface area contributed by atoms with Crippen molar-refractivity contribution in [1.29, 1.82) is 0 Å². The molecule has 0 aliphatic heterocycles. The summed E-state index contributed by atoms with van der Waals surface area (Å²) < 4.78 is 13.6. The first kappa shape index (κ1) is 24.7. The zero-order chi connectivity index (χ0) is 23.6. The van der Waals surface area contributed by atoms with Crippen LogP contribution in [0.1, 0.15) is 70.7 Å². The Bertz CT molecular complexity index is 827. The van der Waals surface area contributed by atoms with Crippen LogP contribution in [-0.2, 0) is 4.79 Å². The summed E-state index contributed by atoms with van der Waals surface area (Å²) in [5.41, 5.74) is 0.305. The Labute approximate surface area is 191 Å². The van der Waals surface area contributed by atoms with Gasteiger partial charge < -0.3 is 15.3 Å². The van der Waals surface area contributed by atoms with Gasteiger partial charge in [-0.3, -0.25) is 9.59 Å². The molecule has 2 aliphatic rings. The highest BCUT2D eigenvalue weighted by atomic mass is 19.1.